The third kappa shape index (κ3) is 39.3. The van der Waals surface area contributed by atoms with Crippen LogP contribution in [0.5, 0.6) is 0 Å². The molecule has 0 aliphatic rings. The fourth-order valence-electron chi connectivity index (χ4n) is 0.491. The Morgan fingerprint density at radius 3 is 2.00 bits per heavy atom. The molecule has 0 saturated carbocycles. The van der Waals surface area contributed by atoms with E-state index in [1.165, 1.54) is 13.8 Å². The maximum atomic E-state index is 10.2. The monoisotopic (exact) mass is 254 g/mol. The van der Waals surface area contributed by atoms with Gasteiger partial charge in [0.2, 0.25) is 0 Å². The fourth-order valence-corrected chi connectivity index (χ4v) is 0.491. The molecule has 0 spiro atoms. The lowest BCUT2D eigenvalue weighted by atomic mass is 10.5. The summed E-state index contributed by atoms with van der Waals surface area (Å²) in [7, 11) is 1.00. The molecule has 0 aromatic carbocycles. The Kier molecular flexibility index (Phi) is 26.3. The van der Waals surface area contributed by atoms with E-state index in [9.17, 15) is 4.79 Å². The molecule has 0 amide bonds. The van der Waals surface area contributed by atoms with Gasteiger partial charge in [-0.1, -0.05) is 6.92 Å². The number of carbonyl (C=O) groups is 1. The molecule has 0 radical (unpaired) electrons. The average Bonchev–Trinajstić information content (AvgIpc) is 2.32. The molecule has 0 saturated heterocycles. The maximum Gasteiger partial charge on any atom is 0.302 e. The van der Waals surface area contributed by atoms with Gasteiger partial charge in [-0.05, 0) is 13.3 Å². The summed E-state index contributed by atoms with van der Waals surface area (Å²) >= 11 is 0. The van der Waals surface area contributed by atoms with Crippen LogP contribution in [0.4, 0.5) is 0 Å². The quantitative estimate of drug-likeness (QED) is 0.454. The van der Waals surface area contributed by atoms with E-state index in [0.29, 0.717) is 13.2 Å². The highest BCUT2D eigenvalue weighted by Gasteiger charge is 1.90. The molecule has 0 aliphatic heterocycles. The molecule has 17 heavy (non-hydrogen) atoms. The normalized spacial score (nSPS) is 10.3. The lowest BCUT2D eigenvalue weighted by Gasteiger charge is -2.01. The van der Waals surface area contributed by atoms with Crippen LogP contribution in [0.15, 0.2) is 0 Å². The van der Waals surface area contributed by atoms with Crippen molar-refractivity contribution in [3.63, 3.8) is 0 Å². The average molecular weight is 254 g/mol. The highest BCUT2D eigenvalue weighted by molar-refractivity contribution is 5.65. The van der Waals surface area contributed by atoms with E-state index in [1.807, 2.05) is 6.92 Å². The van der Waals surface area contributed by atoms with Gasteiger partial charge in [0, 0.05) is 20.6 Å². The molecule has 0 aromatic heterocycles. The van der Waals surface area contributed by atoms with Gasteiger partial charge in [-0.15, -0.1) is 0 Å². The molecular formula is C11H26O6. The zero-order chi connectivity index (χ0) is 14.1. The van der Waals surface area contributed by atoms with E-state index in [-0.39, 0.29) is 12.6 Å². The van der Waals surface area contributed by atoms with Gasteiger partial charge in [0.25, 0.3) is 0 Å². The van der Waals surface area contributed by atoms with Crippen molar-refractivity contribution >= 4 is 5.97 Å². The molecule has 106 valence electrons. The third-order valence-electron chi connectivity index (χ3n) is 1.15. The van der Waals surface area contributed by atoms with Crippen molar-refractivity contribution in [3.05, 3.63) is 0 Å². The molecular weight excluding hydrogens is 228 g/mol. The van der Waals surface area contributed by atoms with Crippen LogP contribution in [0.25, 0.3) is 0 Å². The largest absolute Gasteiger partial charge is 0.463 e. The number of aliphatic hydroxyl groups excluding tert-OH is 3. The maximum absolute atomic E-state index is 10.2. The summed E-state index contributed by atoms with van der Waals surface area (Å²) in [5.41, 5.74) is 0. The third-order valence-corrected chi connectivity index (χ3v) is 1.15. The van der Waals surface area contributed by atoms with Crippen molar-refractivity contribution in [3.8, 4) is 0 Å². The van der Waals surface area contributed by atoms with Crippen LogP contribution in [0.3, 0.4) is 0 Å². The second-order valence-electron chi connectivity index (χ2n) is 2.98. The first kappa shape index (κ1) is 21.6. The first-order chi connectivity index (χ1) is 8.04. The van der Waals surface area contributed by atoms with Crippen molar-refractivity contribution in [2.24, 2.45) is 0 Å². The topological polar surface area (TPSA) is 96.2 Å². The van der Waals surface area contributed by atoms with Crippen LogP contribution in [0, 0.1) is 0 Å². The van der Waals surface area contributed by atoms with Crippen LogP contribution >= 0.6 is 0 Å². The molecule has 0 rings (SSSR count). The Bertz CT molecular complexity index is 138. The lowest BCUT2D eigenvalue weighted by molar-refractivity contribution is -0.142. The van der Waals surface area contributed by atoms with Crippen LogP contribution in [0.2, 0.25) is 0 Å². The second kappa shape index (κ2) is 20.7. The Balaban J connectivity index is -0.000000236. The number of hydrogen-bond donors (Lipinski definition) is 3. The Morgan fingerprint density at radius 1 is 1.24 bits per heavy atom. The lowest BCUT2D eigenvalue weighted by Crippen LogP contribution is -2.07. The van der Waals surface area contributed by atoms with Crippen LogP contribution in [0.1, 0.15) is 27.2 Å². The van der Waals surface area contributed by atoms with Gasteiger partial charge in [-0.3, -0.25) is 4.79 Å². The molecule has 6 heteroatoms. The van der Waals surface area contributed by atoms with Gasteiger partial charge in [0.1, 0.15) is 6.61 Å². The second-order valence-corrected chi connectivity index (χ2v) is 2.98. The van der Waals surface area contributed by atoms with E-state index in [0.717, 1.165) is 20.1 Å². The summed E-state index contributed by atoms with van der Waals surface area (Å²) < 4.78 is 9.68. The Morgan fingerprint density at radius 2 is 1.71 bits per heavy atom. The zero-order valence-corrected chi connectivity index (χ0v) is 11.2. The van der Waals surface area contributed by atoms with Crippen molar-refractivity contribution in [1.82, 2.24) is 0 Å². The van der Waals surface area contributed by atoms with Gasteiger partial charge in [-0.25, -0.2) is 0 Å². The minimum atomic E-state index is -0.560. The number of ether oxygens (including phenoxy) is 2. The molecule has 1 atom stereocenters. The van der Waals surface area contributed by atoms with Crippen LogP contribution < -0.4 is 0 Å². The van der Waals surface area contributed by atoms with E-state index in [1.54, 1.807) is 0 Å². The fraction of sp³-hybridized carbons (Fsp3) is 0.909. The molecule has 6 nitrogen and oxygen atoms in total. The summed E-state index contributed by atoms with van der Waals surface area (Å²) in [5, 5.41) is 23.0. The molecule has 0 fully saturated rings. The number of rotatable bonds is 6. The SMILES string of the molecule is CC(O)CO.CCCOCCOC(C)=O.CO. The van der Waals surface area contributed by atoms with Gasteiger partial charge >= 0.3 is 5.97 Å². The zero-order valence-electron chi connectivity index (χ0n) is 11.2. The first-order valence-electron chi connectivity index (χ1n) is 5.49. The van der Waals surface area contributed by atoms with Crippen LogP contribution in [-0.4, -0.2) is 60.9 Å². The van der Waals surface area contributed by atoms with Crippen molar-refractivity contribution < 1.29 is 29.6 Å². The van der Waals surface area contributed by atoms with Crippen LogP contribution in [-0.2, 0) is 14.3 Å². The van der Waals surface area contributed by atoms with E-state index in [4.69, 9.17) is 20.1 Å². The van der Waals surface area contributed by atoms with E-state index in [2.05, 4.69) is 4.74 Å². The van der Waals surface area contributed by atoms with Crippen molar-refractivity contribution in [2.45, 2.75) is 33.3 Å². The standard InChI is InChI=1S/C7H14O3.C3H8O2.CH4O/c1-3-4-9-5-6-10-7(2)8;1-3(5)2-4;1-2/h3-6H2,1-2H3;3-5H,2H2,1H3;2H,1H3. The molecule has 0 aliphatic carbocycles. The Hall–Kier alpha value is -0.690. The summed E-state index contributed by atoms with van der Waals surface area (Å²) in [5.74, 6) is -0.250. The van der Waals surface area contributed by atoms with E-state index < -0.39 is 6.10 Å². The molecule has 0 heterocycles. The molecule has 3 N–H and O–H groups in total. The number of esters is 1. The molecule has 0 aromatic rings. The van der Waals surface area contributed by atoms with Gasteiger partial charge < -0.3 is 24.8 Å². The number of aliphatic hydroxyl groups is 3. The van der Waals surface area contributed by atoms with Gasteiger partial charge in [0.05, 0.1) is 19.3 Å². The van der Waals surface area contributed by atoms with E-state index >= 15 is 0 Å². The van der Waals surface area contributed by atoms with Crippen molar-refractivity contribution in [2.75, 3.05) is 33.5 Å². The smallest absolute Gasteiger partial charge is 0.302 e. The number of hydrogen-bond acceptors (Lipinski definition) is 6. The molecule has 0 bridgehead atoms. The predicted octanol–water partition coefficient (Wildman–Crippen LogP) is -0.0559. The van der Waals surface area contributed by atoms with Gasteiger partial charge in [0.15, 0.2) is 0 Å². The molecule has 1 unspecified atom stereocenters. The minimum Gasteiger partial charge on any atom is -0.463 e. The first-order valence-corrected chi connectivity index (χ1v) is 5.49. The predicted molar refractivity (Wildman–Crippen MR) is 64.7 cm³/mol. The van der Waals surface area contributed by atoms with Gasteiger partial charge in [-0.2, -0.15) is 0 Å². The Labute approximate surface area is 103 Å². The highest BCUT2D eigenvalue weighted by atomic mass is 16.6. The number of carbonyl (C=O) groups excluding carboxylic acids is 1. The summed E-state index contributed by atoms with van der Waals surface area (Å²) in [6, 6.07) is 0. The summed E-state index contributed by atoms with van der Waals surface area (Å²) in [4.78, 5) is 10.2. The van der Waals surface area contributed by atoms with Crippen molar-refractivity contribution in [1.29, 1.82) is 0 Å². The summed E-state index contributed by atoms with van der Waals surface area (Å²) in [6.45, 7) is 6.43. The summed E-state index contributed by atoms with van der Waals surface area (Å²) in [6.07, 6.45) is 0.440. The highest BCUT2D eigenvalue weighted by Crippen LogP contribution is 1.81. The minimum absolute atomic E-state index is 0.139.